The second-order valence-corrected chi connectivity index (χ2v) is 3.05. The zero-order chi connectivity index (χ0) is 6.69. The van der Waals surface area contributed by atoms with E-state index in [9.17, 15) is 0 Å². The highest BCUT2D eigenvalue weighted by Crippen LogP contribution is 2.14. The summed E-state index contributed by atoms with van der Waals surface area (Å²) < 4.78 is 0. The molecule has 0 spiro atoms. The van der Waals surface area contributed by atoms with Crippen LogP contribution in [-0.4, -0.2) is 24.8 Å². The molecular formula is C7H15NO. The lowest BCUT2D eigenvalue weighted by molar-refractivity contribution is 0.177. The number of aliphatic hydroxyl groups is 1. The lowest BCUT2D eigenvalue weighted by atomic mass is 9.93. The van der Waals surface area contributed by atoms with Gasteiger partial charge in [-0.15, -0.1) is 0 Å². The van der Waals surface area contributed by atoms with Gasteiger partial charge in [-0.3, -0.25) is 0 Å². The molecule has 2 nitrogen and oxygen atoms in total. The number of aliphatic hydroxyl groups excluding tert-OH is 1. The molecule has 1 rings (SSSR count). The second kappa shape index (κ2) is 3.18. The van der Waals surface area contributed by atoms with E-state index in [0.29, 0.717) is 12.5 Å². The summed E-state index contributed by atoms with van der Waals surface area (Å²) in [6.45, 7) is 4.68. The third-order valence-corrected chi connectivity index (χ3v) is 1.92. The van der Waals surface area contributed by atoms with Gasteiger partial charge in [0.25, 0.3) is 0 Å². The summed E-state index contributed by atoms with van der Waals surface area (Å²) in [6, 6.07) is 0. The highest BCUT2D eigenvalue weighted by atomic mass is 16.3. The molecular weight excluding hydrogens is 114 g/mol. The van der Waals surface area contributed by atoms with Crippen LogP contribution in [0.4, 0.5) is 0 Å². The minimum absolute atomic E-state index is 0.345. The molecule has 2 atom stereocenters. The largest absolute Gasteiger partial charge is 0.396 e. The molecule has 2 N–H and O–H groups in total. The first kappa shape index (κ1) is 7.03. The Bertz CT molecular complexity index is 85.0. The first-order valence-electron chi connectivity index (χ1n) is 3.64. The summed E-state index contributed by atoms with van der Waals surface area (Å²) >= 11 is 0. The van der Waals surface area contributed by atoms with E-state index in [1.165, 1.54) is 6.42 Å². The average molecular weight is 129 g/mol. The number of nitrogens with one attached hydrogen (secondary N) is 1. The van der Waals surface area contributed by atoms with Gasteiger partial charge in [0.2, 0.25) is 0 Å². The summed E-state index contributed by atoms with van der Waals surface area (Å²) in [5, 5.41) is 12.0. The first-order chi connectivity index (χ1) is 4.33. The van der Waals surface area contributed by atoms with Gasteiger partial charge < -0.3 is 10.4 Å². The van der Waals surface area contributed by atoms with Crippen molar-refractivity contribution in [3.63, 3.8) is 0 Å². The van der Waals surface area contributed by atoms with Gasteiger partial charge in [0, 0.05) is 13.2 Å². The van der Waals surface area contributed by atoms with Crippen LogP contribution in [0.25, 0.3) is 0 Å². The topological polar surface area (TPSA) is 32.3 Å². The van der Waals surface area contributed by atoms with Crippen LogP contribution in [0.2, 0.25) is 0 Å². The molecule has 1 saturated heterocycles. The zero-order valence-electron chi connectivity index (χ0n) is 5.93. The van der Waals surface area contributed by atoms with E-state index < -0.39 is 0 Å². The zero-order valence-corrected chi connectivity index (χ0v) is 5.93. The van der Waals surface area contributed by atoms with Crippen LogP contribution < -0.4 is 5.32 Å². The molecule has 0 radical (unpaired) electrons. The van der Waals surface area contributed by atoms with Crippen molar-refractivity contribution >= 4 is 0 Å². The van der Waals surface area contributed by atoms with E-state index in [2.05, 4.69) is 12.2 Å². The molecule has 0 amide bonds. The van der Waals surface area contributed by atoms with Crippen molar-refractivity contribution in [2.45, 2.75) is 13.3 Å². The average Bonchev–Trinajstić information content (AvgIpc) is 1.88. The predicted octanol–water partition coefficient (Wildman–Crippen LogP) is 0.224. The van der Waals surface area contributed by atoms with Crippen molar-refractivity contribution in [2.24, 2.45) is 11.8 Å². The van der Waals surface area contributed by atoms with Crippen LogP contribution in [0.15, 0.2) is 0 Å². The lowest BCUT2D eigenvalue weighted by Gasteiger charge is -2.25. The van der Waals surface area contributed by atoms with Crippen molar-refractivity contribution in [3.05, 3.63) is 0 Å². The maximum Gasteiger partial charge on any atom is 0.0471 e. The number of hydrogen-bond donors (Lipinski definition) is 2. The van der Waals surface area contributed by atoms with Crippen molar-refractivity contribution < 1.29 is 5.11 Å². The van der Waals surface area contributed by atoms with Crippen molar-refractivity contribution in [1.29, 1.82) is 0 Å². The predicted molar refractivity (Wildman–Crippen MR) is 37.2 cm³/mol. The van der Waals surface area contributed by atoms with E-state index in [-0.39, 0.29) is 0 Å². The Morgan fingerprint density at radius 3 is 2.78 bits per heavy atom. The van der Waals surface area contributed by atoms with Crippen molar-refractivity contribution in [2.75, 3.05) is 19.7 Å². The molecule has 0 unspecified atom stereocenters. The van der Waals surface area contributed by atoms with Crippen LogP contribution in [0.1, 0.15) is 13.3 Å². The monoisotopic (exact) mass is 129 g/mol. The highest BCUT2D eigenvalue weighted by Gasteiger charge is 2.16. The van der Waals surface area contributed by atoms with Gasteiger partial charge in [0.1, 0.15) is 0 Å². The SMILES string of the molecule is C[C@H]1CNC[C@H](CO)C1. The van der Waals surface area contributed by atoms with Gasteiger partial charge in [-0.05, 0) is 24.8 Å². The van der Waals surface area contributed by atoms with Gasteiger partial charge in [-0.2, -0.15) is 0 Å². The minimum atomic E-state index is 0.345. The Labute approximate surface area is 56.3 Å². The molecule has 0 aliphatic carbocycles. The van der Waals surface area contributed by atoms with E-state index in [1.54, 1.807) is 0 Å². The first-order valence-corrected chi connectivity index (χ1v) is 3.64. The Balaban J connectivity index is 2.23. The second-order valence-electron chi connectivity index (χ2n) is 3.05. The molecule has 1 aliphatic heterocycles. The summed E-state index contributed by atoms with van der Waals surface area (Å²) in [6.07, 6.45) is 1.18. The molecule has 0 bridgehead atoms. The molecule has 9 heavy (non-hydrogen) atoms. The summed E-state index contributed by atoms with van der Waals surface area (Å²) in [4.78, 5) is 0. The van der Waals surface area contributed by atoms with Crippen LogP contribution >= 0.6 is 0 Å². The Morgan fingerprint density at radius 1 is 1.56 bits per heavy atom. The number of hydrogen-bond acceptors (Lipinski definition) is 2. The maximum absolute atomic E-state index is 8.77. The summed E-state index contributed by atoms with van der Waals surface area (Å²) in [5.74, 6) is 1.25. The fourth-order valence-corrected chi connectivity index (χ4v) is 1.41. The maximum atomic E-state index is 8.77. The third kappa shape index (κ3) is 1.95. The number of piperidine rings is 1. The van der Waals surface area contributed by atoms with Crippen molar-refractivity contribution in [3.8, 4) is 0 Å². The lowest BCUT2D eigenvalue weighted by Crippen LogP contribution is -2.36. The standard InChI is InChI=1S/C7H15NO/c1-6-2-7(5-9)4-8-3-6/h6-9H,2-5H2,1H3/t6-,7-/m1/s1. The van der Waals surface area contributed by atoms with Gasteiger partial charge in [0.05, 0.1) is 0 Å². The molecule has 0 aromatic rings. The molecule has 0 saturated carbocycles. The molecule has 2 heteroatoms. The fourth-order valence-electron chi connectivity index (χ4n) is 1.41. The van der Waals surface area contributed by atoms with Gasteiger partial charge in [0.15, 0.2) is 0 Å². The van der Waals surface area contributed by atoms with E-state index >= 15 is 0 Å². The van der Waals surface area contributed by atoms with Crippen LogP contribution in [0, 0.1) is 11.8 Å². The van der Waals surface area contributed by atoms with E-state index in [0.717, 1.165) is 19.0 Å². The van der Waals surface area contributed by atoms with Gasteiger partial charge in [-0.25, -0.2) is 0 Å². The number of rotatable bonds is 1. The Morgan fingerprint density at radius 2 is 2.33 bits per heavy atom. The minimum Gasteiger partial charge on any atom is -0.396 e. The third-order valence-electron chi connectivity index (χ3n) is 1.92. The summed E-state index contributed by atoms with van der Waals surface area (Å²) in [7, 11) is 0. The molecule has 1 heterocycles. The van der Waals surface area contributed by atoms with Crippen LogP contribution in [-0.2, 0) is 0 Å². The fraction of sp³-hybridized carbons (Fsp3) is 1.00. The molecule has 1 aliphatic rings. The van der Waals surface area contributed by atoms with Crippen LogP contribution in [0.5, 0.6) is 0 Å². The normalized spacial score (nSPS) is 36.7. The van der Waals surface area contributed by atoms with Gasteiger partial charge in [-0.1, -0.05) is 6.92 Å². The van der Waals surface area contributed by atoms with Crippen LogP contribution in [0.3, 0.4) is 0 Å². The highest BCUT2D eigenvalue weighted by molar-refractivity contribution is 4.72. The summed E-state index contributed by atoms with van der Waals surface area (Å²) in [5.41, 5.74) is 0. The Kier molecular flexibility index (Phi) is 2.49. The molecule has 0 aromatic carbocycles. The molecule has 1 fully saturated rings. The quantitative estimate of drug-likeness (QED) is 0.531. The van der Waals surface area contributed by atoms with E-state index in [4.69, 9.17) is 5.11 Å². The molecule has 0 aromatic heterocycles. The van der Waals surface area contributed by atoms with Gasteiger partial charge >= 0.3 is 0 Å². The smallest absolute Gasteiger partial charge is 0.0471 e. The molecule has 54 valence electrons. The Hall–Kier alpha value is -0.0800. The van der Waals surface area contributed by atoms with Crippen molar-refractivity contribution in [1.82, 2.24) is 5.32 Å². The van der Waals surface area contributed by atoms with E-state index in [1.807, 2.05) is 0 Å².